The lowest BCUT2D eigenvalue weighted by molar-refractivity contribution is -0.424. The van der Waals surface area contributed by atoms with Crippen LogP contribution in [0, 0.1) is 0 Å². The Morgan fingerprint density at radius 1 is 0.559 bits per heavy atom. The molecule has 0 rings (SSSR count). The molecule has 0 fully saturated rings. The highest BCUT2D eigenvalue weighted by Gasteiger charge is 2.94. The third-order valence-electron chi connectivity index (χ3n) is 4.37. The second-order valence-electron chi connectivity index (χ2n) is 7.21. The highest BCUT2D eigenvalue weighted by Crippen LogP contribution is 2.62. The van der Waals surface area contributed by atoms with Gasteiger partial charge < -0.3 is 13.3 Å². The number of rotatable bonds is 16. The molecule has 0 aromatic heterocycles. The lowest BCUT2D eigenvalue weighted by atomic mass is 9.92. The summed E-state index contributed by atoms with van der Waals surface area (Å²) in [7, 11) is -6.44. The molecular weight excluding hydrogens is 527 g/mol. The van der Waals surface area contributed by atoms with Crippen molar-refractivity contribution in [2.75, 3.05) is 19.8 Å². The Balaban J connectivity index is 6.92. The molecular formula is C17H25F13O3Si. The van der Waals surface area contributed by atoms with Crippen molar-refractivity contribution in [3.8, 4) is 0 Å². The van der Waals surface area contributed by atoms with Crippen molar-refractivity contribution < 1.29 is 70.4 Å². The summed E-state index contributed by atoms with van der Waals surface area (Å²) < 4.78 is 196. The van der Waals surface area contributed by atoms with Gasteiger partial charge in [-0.25, -0.2) is 4.39 Å². The van der Waals surface area contributed by atoms with E-state index >= 15 is 0 Å². The van der Waals surface area contributed by atoms with Gasteiger partial charge in [0.15, 0.2) is 6.17 Å². The fourth-order valence-corrected chi connectivity index (χ4v) is 5.10. The normalized spacial score (nSPS) is 16.1. The highest BCUT2D eigenvalue weighted by molar-refractivity contribution is 6.63. The molecule has 0 aromatic carbocycles. The van der Waals surface area contributed by atoms with Crippen molar-refractivity contribution in [1.82, 2.24) is 0 Å². The summed E-state index contributed by atoms with van der Waals surface area (Å²) in [5.41, 5.74) is -6.53. The van der Waals surface area contributed by atoms with Crippen LogP contribution in [0.5, 0.6) is 0 Å². The van der Waals surface area contributed by atoms with Gasteiger partial charge in [-0.05, 0) is 26.2 Å². The molecule has 1 unspecified atom stereocenters. The van der Waals surface area contributed by atoms with E-state index in [1.807, 2.05) is 0 Å². The largest absolute Gasteiger partial charge is 0.582 e. The second kappa shape index (κ2) is 11.1. The lowest BCUT2D eigenvalue weighted by Gasteiger charge is -2.44. The minimum absolute atomic E-state index is 0.216. The summed E-state index contributed by atoms with van der Waals surface area (Å²) in [5, 5.41) is 0. The number of hydrogen-bond acceptors (Lipinski definition) is 3. The van der Waals surface area contributed by atoms with Gasteiger partial charge in [-0.1, -0.05) is 20.8 Å². The van der Waals surface area contributed by atoms with Crippen LogP contribution in [-0.4, -0.2) is 70.0 Å². The molecule has 1 atom stereocenters. The van der Waals surface area contributed by atoms with Crippen LogP contribution in [0.15, 0.2) is 0 Å². The van der Waals surface area contributed by atoms with E-state index in [4.69, 9.17) is 0 Å². The van der Waals surface area contributed by atoms with Crippen LogP contribution in [0.3, 0.4) is 0 Å². The van der Waals surface area contributed by atoms with Gasteiger partial charge in [-0.2, -0.15) is 52.7 Å². The van der Waals surface area contributed by atoms with Gasteiger partial charge in [0.05, 0.1) is 0 Å². The van der Waals surface area contributed by atoms with E-state index in [0.29, 0.717) is 0 Å². The fraction of sp³-hybridized carbons (Fsp3) is 1.00. The maximum absolute atomic E-state index is 15.0. The lowest BCUT2D eigenvalue weighted by Crippen LogP contribution is -2.77. The summed E-state index contributed by atoms with van der Waals surface area (Å²) in [4.78, 5) is 0. The number of hydrogen-bond donors (Lipinski definition) is 0. The Morgan fingerprint density at radius 2 is 0.853 bits per heavy atom. The van der Waals surface area contributed by atoms with Crippen LogP contribution in [0.1, 0.15) is 47.0 Å². The Kier molecular flexibility index (Phi) is 10.8. The van der Waals surface area contributed by atoms with Gasteiger partial charge in [0.2, 0.25) is 0 Å². The molecule has 0 heterocycles. The van der Waals surface area contributed by atoms with E-state index in [1.165, 1.54) is 20.8 Å². The Bertz CT molecular complexity index is 622. The summed E-state index contributed by atoms with van der Waals surface area (Å²) in [6, 6.07) is 0. The van der Waals surface area contributed by atoms with Crippen LogP contribution < -0.4 is 0 Å². The highest BCUT2D eigenvalue weighted by atomic mass is 28.4. The third kappa shape index (κ3) is 5.16. The standard InChI is InChI=1S/C17H25F13O3Si/c1-5-8-31-34(32-9-6-2,33-10-7-3)17(29,30)16(27,28)15(25,26)14(23,24)13(21,22)12(19,20)11(4)18/h11H,5-10H2,1-4H3. The summed E-state index contributed by atoms with van der Waals surface area (Å²) >= 11 is 0. The van der Waals surface area contributed by atoms with Crippen molar-refractivity contribution in [3.05, 3.63) is 0 Å². The van der Waals surface area contributed by atoms with Crippen LogP contribution >= 0.6 is 0 Å². The number of halogens is 13. The van der Waals surface area contributed by atoms with Crippen molar-refractivity contribution in [2.24, 2.45) is 0 Å². The average Bonchev–Trinajstić information content (AvgIpc) is 2.72. The Morgan fingerprint density at radius 3 is 1.12 bits per heavy atom. The first kappa shape index (κ1) is 33.2. The Labute approximate surface area is 188 Å². The zero-order valence-corrected chi connectivity index (χ0v) is 19.5. The zero-order chi connectivity index (χ0) is 27.4. The zero-order valence-electron chi connectivity index (χ0n) is 18.5. The van der Waals surface area contributed by atoms with Gasteiger partial charge in [0, 0.05) is 19.8 Å². The predicted molar refractivity (Wildman–Crippen MR) is 94.7 cm³/mol. The van der Waals surface area contributed by atoms with Crippen molar-refractivity contribution in [2.45, 2.75) is 88.3 Å². The molecule has 0 radical (unpaired) electrons. The molecule has 0 saturated heterocycles. The minimum Gasteiger partial charge on any atom is -0.370 e. The van der Waals surface area contributed by atoms with Crippen LogP contribution in [-0.2, 0) is 13.3 Å². The van der Waals surface area contributed by atoms with Gasteiger partial charge in [0.25, 0.3) is 0 Å². The van der Waals surface area contributed by atoms with Crippen LogP contribution in [0.4, 0.5) is 57.1 Å². The topological polar surface area (TPSA) is 27.7 Å². The van der Waals surface area contributed by atoms with Crippen LogP contribution in [0.25, 0.3) is 0 Å². The maximum atomic E-state index is 15.0. The third-order valence-corrected chi connectivity index (χ3v) is 7.20. The summed E-state index contributed by atoms with van der Waals surface area (Å²) in [6.45, 7) is 0.640. The summed E-state index contributed by atoms with van der Waals surface area (Å²) in [5.74, 6) is -37.4. The second-order valence-corrected chi connectivity index (χ2v) is 9.82. The number of alkyl halides is 13. The van der Waals surface area contributed by atoms with Crippen molar-refractivity contribution in [3.63, 3.8) is 0 Å². The smallest absolute Gasteiger partial charge is 0.370 e. The van der Waals surface area contributed by atoms with Gasteiger partial charge in [-0.3, -0.25) is 0 Å². The van der Waals surface area contributed by atoms with Crippen molar-refractivity contribution in [1.29, 1.82) is 0 Å². The molecule has 0 aliphatic heterocycles. The molecule has 206 valence electrons. The van der Waals surface area contributed by atoms with E-state index in [1.54, 1.807) is 0 Å². The van der Waals surface area contributed by atoms with E-state index in [-0.39, 0.29) is 19.3 Å². The van der Waals surface area contributed by atoms with E-state index in [2.05, 4.69) is 13.3 Å². The van der Waals surface area contributed by atoms with Gasteiger partial charge in [-0.15, -0.1) is 0 Å². The minimum atomic E-state index is -7.88. The van der Waals surface area contributed by atoms with E-state index in [9.17, 15) is 57.1 Å². The quantitative estimate of drug-likeness (QED) is 0.154. The molecule has 0 aliphatic rings. The molecule has 17 heteroatoms. The molecule has 0 spiro atoms. The SMILES string of the molecule is CCCO[Si](OCCC)(OCCC)C(F)(F)C(F)(F)C(F)(F)C(F)(F)C(F)(F)C(F)(F)C(C)F. The van der Waals surface area contributed by atoms with E-state index < -0.39 is 76.9 Å². The molecule has 3 nitrogen and oxygen atoms in total. The molecule has 34 heavy (non-hydrogen) atoms. The molecule has 0 aromatic rings. The maximum Gasteiger partial charge on any atom is 0.582 e. The first-order valence-electron chi connectivity index (χ1n) is 9.95. The van der Waals surface area contributed by atoms with Crippen molar-refractivity contribution >= 4 is 8.80 Å². The van der Waals surface area contributed by atoms with Gasteiger partial charge in [0.1, 0.15) is 0 Å². The fourth-order valence-electron chi connectivity index (χ4n) is 2.35. The first-order chi connectivity index (χ1) is 15.1. The molecule has 0 aliphatic carbocycles. The average molecular weight is 552 g/mol. The molecule has 0 amide bonds. The predicted octanol–water partition coefficient (Wildman–Crippen LogP) is 6.91. The first-order valence-corrected chi connectivity index (χ1v) is 11.7. The van der Waals surface area contributed by atoms with Gasteiger partial charge >= 0.3 is 44.0 Å². The monoisotopic (exact) mass is 552 g/mol. The molecule has 0 N–H and O–H groups in total. The molecule has 0 saturated carbocycles. The molecule has 0 bridgehead atoms. The van der Waals surface area contributed by atoms with E-state index in [0.717, 1.165) is 0 Å². The Hall–Kier alpha value is -0.813. The van der Waals surface area contributed by atoms with Crippen LogP contribution in [0.2, 0.25) is 0 Å². The summed E-state index contributed by atoms with van der Waals surface area (Å²) in [6.07, 6.45) is -4.90.